The Balaban J connectivity index is 0.00000147. The fraction of sp³-hybridized carbons (Fsp3) is 0.562. The summed E-state index contributed by atoms with van der Waals surface area (Å²) in [4.78, 5) is 14.4. The van der Waals surface area contributed by atoms with Crippen LogP contribution in [-0.4, -0.2) is 18.5 Å². The van der Waals surface area contributed by atoms with Gasteiger partial charge in [0, 0.05) is 24.7 Å². The predicted molar refractivity (Wildman–Crippen MR) is 84.3 cm³/mol. The highest BCUT2D eigenvalue weighted by Crippen LogP contribution is 2.31. The summed E-state index contributed by atoms with van der Waals surface area (Å²) >= 11 is 0. The molecule has 0 radical (unpaired) electrons. The van der Waals surface area contributed by atoms with Gasteiger partial charge in [-0.1, -0.05) is 31.0 Å². The van der Waals surface area contributed by atoms with Gasteiger partial charge in [0.1, 0.15) is 0 Å². The molecule has 2 unspecified atom stereocenters. The average Bonchev–Trinajstić information content (AvgIpc) is 2.85. The number of rotatable bonds is 2. The van der Waals surface area contributed by atoms with Crippen LogP contribution in [0.1, 0.15) is 37.7 Å². The second-order valence-corrected chi connectivity index (χ2v) is 5.84. The molecule has 3 nitrogen and oxygen atoms in total. The SMILES string of the molecule is Cl.NC1CCCCC1CC(=O)N1CCc2ccccc21. The van der Waals surface area contributed by atoms with Crippen LogP contribution in [0.25, 0.3) is 0 Å². The van der Waals surface area contributed by atoms with E-state index >= 15 is 0 Å². The molecule has 0 bridgehead atoms. The molecule has 1 aliphatic carbocycles. The van der Waals surface area contributed by atoms with E-state index in [1.807, 2.05) is 17.0 Å². The van der Waals surface area contributed by atoms with Crippen LogP contribution in [0, 0.1) is 5.92 Å². The van der Waals surface area contributed by atoms with Gasteiger partial charge >= 0.3 is 0 Å². The number of amides is 1. The van der Waals surface area contributed by atoms with Crippen LogP contribution in [0.3, 0.4) is 0 Å². The molecule has 2 aliphatic rings. The van der Waals surface area contributed by atoms with Gasteiger partial charge in [0.25, 0.3) is 0 Å². The molecule has 3 rings (SSSR count). The van der Waals surface area contributed by atoms with Crippen molar-refractivity contribution in [3.8, 4) is 0 Å². The first-order chi connectivity index (χ1) is 9.25. The minimum absolute atomic E-state index is 0. The highest BCUT2D eigenvalue weighted by Gasteiger charge is 2.29. The maximum atomic E-state index is 12.5. The largest absolute Gasteiger partial charge is 0.327 e. The normalized spacial score (nSPS) is 24.9. The number of carbonyl (C=O) groups is 1. The van der Waals surface area contributed by atoms with Crippen molar-refractivity contribution < 1.29 is 4.79 Å². The Morgan fingerprint density at radius 3 is 2.80 bits per heavy atom. The highest BCUT2D eigenvalue weighted by atomic mass is 35.5. The molecule has 2 atom stereocenters. The van der Waals surface area contributed by atoms with Crippen molar-refractivity contribution >= 4 is 24.0 Å². The molecule has 110 valence electrons. The Morgan fingerprint density at radius 1 is 1.25 bits per heavy atom. The average molecular weight is 295 g/mol. The number of fused-ring (bicyclic) bond motifs is 1. The highest BCUT2D eigenvalue weighted by molar-refractivity contribution is 5.95. The number of nitrogens with zero attached hydrogens (tertiary/aromatic N) is 1. The van der Waals surface area contributed by atoms with Crippen molar-refractivity contribution in [2.24, 2.45) is 11.7 Å². The maximum absolute atomic E-state index is 12.5. The standard InChI is InChI=1S/C16H22N2O.ClH/c17-14-7-3-1-6-13(14)11-16(19)18-10-9-12-5-2-4-8-15(12)18;/h2,4-5,8,13-14H,1,3,6-7,9-11,17H2;1H. The molecule has 1 amide bonds. The summed E-state index contributed by atoms with van der Waals surface area (Å²) in [6.07, 6.45) is 6.24. The second kappa shape index (κ2) is 6.59. The van der Waals surface area contributed by atoms with Gasteiger partial charge in [-0.15, -0.1) is 12.4 Å². The third-order valence-electron chi connectivity index (χ3n) is 4.59. The lowest BCUT2D eigenvalue weighted by Gasteiger charge is -2.29. The van der Waals surface area contributed by atoms with Crippen molar-refractivity contribution in [1.29, 1.82) is 0 Å². The third-order valence-corrected chi connectivity index (χ3v) is 4.59. The zero-order valence-corrected chi connectivity index (χ0v) is 12.6. The summed E-state index contributed by atoms with van der Waals surface area (Å²) in [6, 6.07) is 8.45. The van der Waals surface area contributed by atoms with E-state index in [0.717, 1.165) is 31.5 Å². The monoisotopic (exact) mass is 294 g/mol. The van der Waals surface area contributed by atoms with Crippen LogP contribution in [-0.2, 0) is 11.2 Å². The van der Waals surface area contributed by atoms with Crippen molar-refractivity contribution in [3.05, 3.63) is 29.8 Å². The number of nitrogens with two attached hydrogens (primary N) is 1. The van der Waals surface area contributed by atoms with E-state index in [1.54, 1.807) is 0 Å². The summed E-state index contributed by atoms with van der Waals surface area (Å²) in [7, 11) is 0. The molecular weight excluding hydrogens is 272 g/mol. The van der Waals surface area contributed by atoms with Gasteiger partial charge in [-0.2, -0.15) is 0 Å². The molecule has 2 N–H and O–H groups in total. The van der Waals surface area contributed by atoms with Crippen LogP contribution < -0.4 is 10.6 Å². The predicted octanol–water partition coefficient (Wildman–Crippen LogP) is 2.91. The lowest BCUT2D eigenvalue weighted by molar-refractivity contribution is -0.119. The van der Waals surface area contributed by atoms with Crippen molar-refractivity contribution in [3.63, 3.8) is 0 Å². The Kier molecular flexibility index (Phi) is 5.06. The molecule has 1 aliphatic heterocycles. The van der Waals surface area contributed by atoms with E-state index in [4.69, 9.17) is 5.73 Å². The summed E-state index contributed by atoms with van der Waals surface area (Å²) in [5, 5.41) is 0. The summed E-state index contributed by atoms with van der Waals surface area (Å²) in [6.45, 7) is 0.833. The van der Waals surface area contributed by atoms with Crippen molar-refractivity contribution in [2.45, 2.75) is 44.6 Å². The first kappa shape index (κ1) is 15.3. The van der Waals surface area contributed by atoms with Crippen molar-refractivity contribution in [2.75, 3.05) is 11.4 Å². The number of hydrogen-bond acceptors (Lipinski definition) is 2. The topological polar surface area (TPSA) is 46.3 Å². The molecule has 1 saturated carbocycles. The lowest BCUT2D eigenvalue weighted by Crippen LogP contribution is -2.38. The Bertz CT molecular complexity index is 477. The molecule has 1 heterocycles. The van der Waals surface area contributed by atoms with Gasteiger partial charge in [-0.25, -0.2) is 0 Å². The van der Waals surface area contributed by atoms with E-state index < -0.39 is 0 Å². The van der Waals surface area contributed by atoms with Crippen LogP contribution in [0.15, 0.2) is 24.3 Å². The molecule has 0 saturated heterocycles. The zero-order valence-electron chi connectivity index (χ0n) is 11.8. The summed E-state index contributed by atoms with van der Waals surface area (Å²) < 4.78 is 0. The van der Waals surface area contributed by atoms with Crippen molar-refractivity contribution in [1.82, 2.24) is 0 Å². The van der Waals surface area contributed by atoms with Crippen LogP contribution >= 0.6 is 12.4 Å². The number of halogens is 1. The third kappa shape index (κ3) is 2.99. The first-order valence-electron chi connectivity index (χ1n) is 7.39. The quantitative estimate of drug-likeness (QED) is 0.911. The molecule has 0 aromatic heterocycles. The van der Waals surface area contributed by atoms with Gasteiger partial charge in [0.05, 0.1) is 0 Å². The summed E-state index contributed by atoms with van der Waals surface area (Å²) in [5.74, 6) is 0.640. The van der Waals surface area contributed by atoms with Gasteiger partial charge < -0.3 is 10.6 Å². The van der Waals surface area contributed by atoms with E-state index in [9.17, 15) is 4.79 Å². The van der Waals surface area contributed by atoms with E-state index in [2.05, 4.69) is 12.1 Å². The molecule has 1 aromatic rings. The van der Waals surface area contributed by atoms with Gasteiger partial charge in [0.15, 0.2) is 0 Å². The van der Waals surface area contributed by atoms with E-state index in [1.165, 1.54) is 18.4 Å². The molecule has 1 fully saturated rings. The summed E-state index contributed by atoms with van der Waals surface area (Å²) in [5.41, 5.74) is 8.55. The minimum atomic E-state index is 0. The zero-order chi connectivity index (χ0) is 13.2. The Hall–Kier alpha value is -1.06. The second-order valence-electron chi connectivity index (χ2n) is 5.84. The maximum Gasteiger partial charge on any atom is 0.227 e. The number of hydrogen-bond donors (Lipinski definition) is 1. The Morgan fingerprint density at radius 2 is 2.00 bits per heavy atom. The number of para-hydroxylation sites is 1. The molecule has 4 heteroatoms. The van der Waals surface area contributed by atoms with Gasteiger partial charge in [-0.05, 0) is 36.8 Å². The molecule has 0 spiro atoms. The van der Waals surface area contributed by atoms with Crippen LogP contribution in [0.4, 0.5) is 5.69 Å². The number of carbonyl (C=O) groups excluding carboxylic acids is 1. The first-order valence-corrected chi connectivity index (χ1v) is 7.39. The van der Waals surface area contributed by atoms with Gasteiger partial charge in [0.2, 0.25) is 5.91 Å². The molecular formula is C16H23ClN2O. The smallest absolute Gasteiger partial charge is 0.227 e. The number of benzene rings is 1. The fourth-order valence-electron chi connectivity index (χ4n) is 3.42. The minimum Gasteiger partial charge on any atom is -0.327 e. The van der Waals surface area contributed by atoms with E-state index in [-0.39, 0.29) is 24.4 Å². The lowest BCUT2D eigenvalue weighted by atomic mass is 9.83. The molecule has 20 heavy (non-hydrogen) atoms. The van der Waals surface area contributed by atoms with E-state index in [0.29, 0.717) is 12.3 Å². The fourth-order valence-corrected chi connectivity index (χ4v) is 3.42. The van der Waals surface area contributed by atoms with Crippen LogP contribution in [0.2, 0.25) is 0 Å². The van der Waals surface area contributed by atoms with Gasteiger partial charge in [-0.3, -0.25) is 4.79 Å². The Labute approximate surface area is 126 Å². The molecule has 1 aromatic carbocycles. The number of anilines is 1. The van der Waals surface area contributed by atoms with Crippen LogP contribution in [0.5, 0.6) is 0 Å².